The zero-order chi connectivity index (χ0) is 23.1. The van der Waals surface area contributed by atoms with Crippen molar-refractivity contribution in [1.29, 1.82) is 0 Å². The van der Waals surface area contributed by atoms with Gasteiger partial charge >= 0.3 is 0 Å². The smallest absolute Gasteiger partial charge is 0.244 e. The second kappa shape index (κ2) is 11.5. The van der Waals surface area contributed by atoms with Crippen LogP contribution in [0.2, 0.25) is 0 Å². The first-order valence-corrected chi connectivity index (χ1v) is 12.0. The standard InChI is InChI=1S/C27H39N3O2/c1-6-29(16-17-30(20(2)3)21(4)5)27(31)26-25-13-12-24(18-23(25)14-15-28-26)32-19-22-10-8-7-9-11-22/h7-13,18,20-21,26,28H,6,14-17,19H2,1-5H3. The zero-order valence-corrected chi connectivity index (χ0v) is 20.3. The van der Waals surface area contributed by atoms with E-state index in [2.05, 4.69) is 69.1 Å². The summed E-state index contributed by atoms with van der Waals surface area (Å²) >= 11 is 0. The second-order valence-electron chi connectivity index (χ2n) is 9.12. The number of nitrogens with zero attached hydrogens (tertiary/aromatic N) is 2. The average Bonchev–Trinajstić information content (AvgIpc) is 2.79. The molecule has 1 aliphatic heterocycles. The first-order chi connectivity index (χ1) is 15.4. The van der Waals surface area contributed by atoms with Crippen LogP contribution in [0.15, 0.2) is 48.5 Å². The van der Waals surface area contributed by atoms with Crippen molar-refractivity contribution in [3.05, 3.63) is 65.2 Å². The predicted molar refractivity (Wildman–Crippen MR) is 131 cm³/mol. The fraction of sp³-hybridized carbons (Fsp3) is 0.519. The molecule has 1 atom stereocenters. The number of likely N-dealkylation sites (N-methyl/N-ethyl adjacent to an activating group) is 1. The van der Waals surface area contributed by atoms with Crippen LogP contribution in [0.4, 0.5) is 0 Å². The topological polar surface area (TPSA) is 44.8 Å². The Morgan fingerprint density at radius 3 is 2.44 bits per heavy atom. The van der Waals surface area contributed by atoms with E-state index in [1.54, 1.807) is 0 Å². The van der Waals surface area contributed by atoms with Crippen LogP contribution < -0.4 is 10.1 Å². The highest BCUT2D eigenvalue weighted by Crippen LogP contribution is 2.28. The SMILES string of the molecule is CCN(CCN(C(C)C)C(C)C)C(=O)C1NCCc2cc(OCc3ccccc3)ccc21. The first kappa shape index (κ1) is 24.3. The van der Waals surface area contributed by atoms with Crippen molar-refractivity contribution < 1.29 is 9.53 Å². The lowest BCUT2D eigenvalue weighted by atomic mass is 9.93. The summed E-state index contributed by atoms with van der Waals surface area (Å²) in [6, 6.07) is 17.0. The monoisotopic (exact) mass is 437 g/mol. The van der Waals surface area contributed by atoms with E-state index in [4.69, 9.17) is 4.74 Å². The van der Waals surface area contributed by atoms with Crippen LogP contribution >= 0.6 is 0 Å². The molecule has 1 aliphatic rings. The summed E-state index contributed by atoms with van der Waals surface area (Å²) in [5, 5.41) is 3.45. The minimum Gasteiger partial charge on any atom is -0.489 e. The number of hydrogen-bond acceptors (Lipinski definition) is 4. The lowest BCUT2D eigenvalue weighted by Gasteiger charge is -2.35. The zero-order valence-electron chi connectivity index (χ0n) is 20.3. The highest BCUT2D eigenvalue weighted by atomic mass is 16.5. The molecule has 2 aromatic carbocycles. The summed E-state index contributed by atoms with van der Waals surface area (Å²) in [6.45, 7) is 14.6. The van der Waals surface area contributed by atoms with Gasteiger partial charge in [-0.05, 0) is 69.9 Å². The van der Waals surface area contributed by atoms with E-state index in [9.17, 15) is 4.79 Å². The van der Waals surface area contributed by atoms with Crippen molar-refractivity contribution in [3.63, 3.8) is 0 Å². The van der Waals surface area contributed by atoms with Gasteiger partial charge in [-0.3, -0.25) is 9.69 Å². The van der Waals surface area contributed by atoms with Crippen LogP contribution in [0.3, 0.4) is 0 Å². The van der Waals surface area contributed by atoms with E-state index in [0.717, 1.165) is 42.9 Å². The summed E-state index contributed by atoms with van der Waals surface area (Å²) < 4.78 is 6.01. The molecule has 1 N–H and O–H groups in total. The van der Waals surface area contributed by atoms with Gasteiger partial charge in [0, 0.05) is 38.3 Å². The van der Waals surface area contributed by atoms with E-state index in [0.29, 0.717) is 25.2 Å². The van der Waals surface area contributed by atoms with Crippen LogP contribution in [0.1, 0.15) is 57.4 Å². The van der Waals surface area contributed by atoms with Crippen molar-refractivity contribution in [2.75, 3.05) is 26.2 Å². The molecule has 1 amide bonds. The minimum absolute atomic E-state index is 0.166. The lowest BCUT2D eigenvalue weighted by molar-refractivity contribution is -0.134. The maximum Gasteiger partial charge on any atom is 0.244 e. The Labute approximate surface area is 193 Å². The van der Waals surface area contributed by atoms with Crippen molar-refractivity contribution >= 4 is 5.91 Å². The number of fused-ring (bicyclic) bond motifs is 1. The van der Waals surface area contributed by atoms with Crippen LogP contribution in [-0.2, 0) is 17.8 Å². The third kappa shape index (κ3) is 6.11. The van der Waals surface area contributed by atoms with Gasteiger partial charge in [-0.1, -0.05) is 36.4 Å². The van der Waals surface area contributed by atoms with Gasteiger partial charge in [-0.2, -0.15) is 0 Å². The molecule has 0 aliphatic carbocycles. The molecule has 0 fully saturated rings. The van der Waals surface area contributed by atoms with Gasteiger partial charge in [-0.25, -0.2) is 0 Å². The number of nitrogens with one attached hydrogen (secondary N) is 1. The molecule has 0 saturated heterocycles. The molecule has 0 spiro atoms. The van der Waals surface area contributed by atoms with E-state index in [-0.39, 0.29) is 11.9 Å². The molecule has 0 saturated carbocycles. The third-order valence-electron chi connectivity index (χ3n) is 6.31. The second-order valence-corrected chi connectivity index (χ2v) is 9.12. The van der Waals surface area contributed by atoms with E-state index >= 15 is 0 Å². The number of carbonyl (C=O) groups excluding carboxylic acids is 1. The summed E-state index contributed by atoms with van der Waals surface area (Å²) in [7, 11) is 0. The van der Waals surface area contributed by atoms with Crippen LogP contribution in [-0.4, -0.2) is 54.0 Å². The minimum atomic E-state index is -0.284. The van der Waals surface area contributed by atoms with Crippen LogP contribution in [0.25, 0.3) is 0 Å². The molecule has 3 rings (SSSR count). The Morgan fingerprint density at radius 2 is 1.78 bits per heavy atom. The largest absolute Gasteiger partial charge is 0.489 e. The van der Waals surface area contributed by atoms with E-state index in [1.165, 1.54) is 5.56 Å². The number of hydrogen-bond donors (Lipinski definition) is 1. The van der Waals surface area contributed by atoms with Crippen molar-refractivity contribution in [2.24, 2.45) is 0 Å². The number of rotatable bonds is 10. The number of carbonyl (C=O) groups is 1. The lowest BCUT2D eigenvalue weighted by Crippen LogP contribution is -2.48. The number of benzene rings is 2. The van der Waals surface area contributed by atoms with Crippen molar-refractivity contribution in [2.45, 2.75) is 65.8 Å². The van der Waals surface area contributed by atoms with E-state index < -0.39 is 0 Å². The Balaban J connectivity index is 1.67. The fourth-order valence-corrected chi connectivity index (χ4v) is 4.55. The molecule has 0 radical (unpaired) electrons. The van der Waals surface area contributed by atoms with Crippen LogP contribution in [0.5, 0.6) is 5.75 Å². The molecular weight excluding hydrogens is 398 g/mol. The van der Waals surface area contributed by atoms with Gasteiger partial charge in [0.15, 0.2) is 0 Å². The summed E-state index contributed by atoms with van der Waals surface area (Å²) in [4.78, 5) is 17.9. The van der Waals surface area contributed by atoms with Gasteiger partial charge in [0.25, 0.3) is 0 Å². The molecule has 5 nitrogen and oxygen atoms in total. The van der Waals surface area contributed by atoms with Gasteiger partial charge in [0.2, 0.25) is 5.91 Å². The molecule has 1 heterocycles. The van der Waals surface area contributed by atoms with Crippen molar-refractivity contribution in [3.8, 4) is 5.75 Å². The Morgan fingerprint density at radius 1 is 1.06 bits per heavy atom. The predicted octanol–water partition coefficient (Wildman–Crippen LogP) is 4.42. The Bertz CT molecular complexity index is 858. The Kier molecular flexibility index (Phi) is 8.71. The summed E-state index contributed by atoms with van der Waals surface area (Å²) in [6.07, 6.45) is 0.905. The number of ether oxygens (including phenoxy) is 1. The van der Waals surface area contributed by atoms with Gasteiger partial charge in [0.1, 0.15) is 18.4 Å². The molecule has 5 heteroatoms. The van der Waals surface area contributed by atoms with Gasteiger partial charge in [0.05, 0.1) is 0 Å². The first-order valence-electron chi connectivity index (χ1n) is 12.0. The highest BCUT2D eigenvalue weighted by Gasteiger charge is 2.30. The Hall–Kier alpha value is -2.37. The molecule has 32 heavy (non-hydrogen) atoms. The molecule has 174 valence electrons. The average molecular weight is 438 g/mol. The quantitative estimate of drug-likeness (QED) is 0.598. The fourth-order valence-electron chi connectivity index (χ4n) is 4.55. The third-order valence-corrected chi connectivity index (χ3v) is 6.31. The molecule has 2 aromatic rings. The van der Waals surface area contributed by atoms with Crippen molar-refractivity contribution in [1.82, 2.24) is 15.1 Å². The van der Waals surface area contributed by atoms with Gasteiger partial charge in [-0.15, -0.1) is 0 Å². The molecule has 0 aromatic heterocycles. The maximum atomic E-state index is 13.5. The summed E-state index contributed by atoms with van der Waals surface area (Å²) in [5.74, 6) is 1.02. The summed E-state index contributed by atoms with van der Waals surface area (Å²) in [5.41, 5.74) is 3.43. The normalized spacial score (nSPS) is 15.8. The van der Waals surface area contributed by atoms with Gasteiger partial charge < -0.3 is 15.0 Å². The van der Waals surface area contributed by atoms with Crippen LogP contribution in [0, 0.1) is 0 Å². The highest BCUT2D eigenvalue weighted by molar-refractivity contribution is 5.84. The van der Waals surface area contributed by atoms with E-state index in [1.807, 2.05) is 29.2 Å². The number of amides is 1. The molecular formula is C27H39N3O2. The maximum absolute atomic E-state index is 13.5. The molecule has 1 unspecified atom stereocenters. The molecule has 0 bridgehead atoms.